The lowest BCUT2D eigenvalue weighted by atomic mass is 9.90. The van der Waals surface area contributed by atoms with E-state index in [2.05, 4.69) is 31.0 Å². The van der Waals surface area contributed by atoms with Gasteiger partial charge in [-0.3, -0.25) is 0 Å². The molecule has 96 valence electrons. The molecule has 2 heteroatoms. The van der Waals surface area contributed by atoms with Gasteiger partial charge in [0.1, 0.15) is 0 Å². The Labute approximate surface area is 102 Å². The fourth-order valence-electron chi connectivity index (χ4n) is 2.94. The van der Waals surface area contributed by atoms with E-state index in [0.29, 0.717) is 0 Å². The quantitative estimate of drug-likeness (QED) is 0.718. The van der Waals surface area contributed by atoms with Gasteiger partial charge in [-0.2, -0.15) is 0 Å². The Kier molecular flexibility index (Phi) is 7.06. The minimum Gasteiger partial charge on any atom is -0.313 e. The molecule has 2 unspecified atom stereocenters. The van der Waals surface area contributed by atoms with E-state index in [9.17, 15) is 0 Å². The molecule has 0 aliphatic carbocycles. The van der Waals surface area contributed by atoms with Gasteiger partial charge in [-0.05, 0) is 38.3 Å². The predicted octanol–water partition coefficient (Wildman–Crippen LogP) is 2.89. The number of rotatable bonds is 7. The minimum atomic E-state index is 0.743. The van der Waals surface area contributed by atoms with E-state index in [-0.39, 0.29) is 0 Å². The molecular weight excluding hydrogens is 196 g/mol. The zero-order valence-corrected chi connectivity index (χ0v) is 11.5. The number of piperidine rings is 1. The maximum Gasteiger partial charge on any atom is 0.0198 e. The average Bonchev–Trinajstić information content (AvgIpc) is 2.27. The van der Waals surface area contributed by atoms with Crippen molar-refractivity contribution in [3.63, 3.8) is 0 Å². The van der Waals surface area contributed by atoms with Crippen LogP contribution in [0.3, 0.4) is 0 Å². The predicted molar refractivity (Wildman–Crippen MR) is 71.8 cm³/mol. The van der Waals surface area contributed by atoms with Crippen LogP contribution in [0.1, 0.15) is 52.9 Å². The molecule has 0 spiro atoms. The summed E-state index contributed by atoms with van der Waals surface area (Å²) >= 11 is 0. The molecule has 0 amide bonds. The molecule has 1 aliphatic heterocycles. The molecule has 1 rings (SSSR count). The fraction of sp³-hybridized carbons (Fsp3) is 1.00. The Morgan fingerprint density at radius 2 is 1.94 bits per heavy atom. The van der Waals surface area contributed by atoms with Crippen molar-refractivity contribution in [2.24, 2.45) is 5.92 Å². The fourth-order valence-corrected chi connectivity index (χ4v) is 2.94. The van der Waals surface area contributed by atoms with Gasteiger partial charge in [-0.1, -0.05) is 33.6 Å². The lowest BCUT2D eigenvalue weighted by Gasteiger charge is -2.38. The Morgan fingerprint density at radius 1 is 1.12 bits per heavy atom. The highest BCUT2D eigenvalue weighted by atomic mass is 15.2. The van der Waals surface area contributed by atoms with Crippen molar-refractivity contribution in [2.75, 3.05) is 26.2 Å². The first kappa shape index (κ1) is 14.0. The molecule has 0 radical (unpaired) electrons. The molecule has 1 saturated heterocycles. The van der Waals surface area contributed by atoms with E-state index in [0.717, 1.165) is 18.5 Å². The van der Waals surface area contributed by atoms with Gasteiger partial charge < -0.3 is 10.2 Å². The third kappa shape index (κ3) is 4.84. The summed E-state index contributed by atoms with van der Waals surface area (Å²) in [5, 5.41) is 3.64. The number of likely N-dealkylation sites (N-methyl/N-ethyl adjacent to an activating group) is 1. The molecule has 0 bridgehead atoms. The summed E-state index contributed by atoms with van der Waals surface area (Å²) in [4.78, 5) is 2.66. The van der Waals surface area contributed by atoms with Crippen molar-refractivity contribution < 1.29 is 0 Å². The molecular formula is C14H30N2. The van der Waals surface area contributed by atoms with Crippen LogP contribution in [-0.4, -0.2) is 37.1 Å². The van der Waals surface area contributed by atoms with Crippen LogP contribution in [0.5, 0.6) is 0 Å². The molecule has 0 aromatic heterocycles. The van der Waals surface area contributed by atoms with E-state index in [1.807, 2.05) is 0 Å². The van der Waals surface area contributed by atoms with Crippen LogP contribution in [0.2, 0.25) is 0 Å². The van der Waals surface area contributed by atoms with Crippen LogP contribution in [0.25, 0.3) is 0 Å². The number of hydrogen-bond acceptors (Lipinski definition) is 2. The first-order chi connectivity index (χ1) is 7.80. The Bertz CT molecular complexity index is 156. The topological polar surface area (TPSA) is 15.3 Å². The highest BCUT2D eigenvalue weighted by Gasteiger charge is 2.25. The van der Waals surface area contributed by atoms with E-state index >= 15 is 0 Å². The summed E-state index contributed by atoms with van der Waals surface area (Å²) < 4.78 is 0. The third-order valence-corrected chi connectivity index (χ3v) is 3.61. The van der Waals surface area contributed by atoms with Crippen LogP contribution >= 0.6 is 0 Å². The van der Waals surface area contributed by atoms with Crippen molar-refractivity contribution in [3.8, 4) is 0 Å². The molecule has 16 heavy (non-hydrogen) atoms. The van der Waals surface area contributed by atoms with Gasteiger partial charge in [-0.25, -0.2) is 0 Å². The number of likely N-dealkylation sites (tertiary alicyclic amines) is 1. The highest BCUT2D eigenvalue weighted by molar-refractivity contribution is 4.83. The largest absolute Gasteiger partial charge is 0.313 e. The van der Waals surface area contributed by atoms with Crippen molar-refractivity contribution in [3.05, 3.63) is 0 Å². The molecule has 1 N–H and O–H groups in total. The molecule has 0 aromatic rings. The van der Waals surface area contributed by atoms with Crippen LogP contribution in [0.15, 0.2) is 0 Å². The summed E-state index contributed by atoms with van der Waals surface area (Å²) in [7, 11) is 0. The lowest BCUT2D eigenvalue weighted by molar-refractivity contribution is 0.135. The van der Waals surface area contributed by atoms with Gasteiger partial charge in [0.15, 0.2) is 0 Å². The number of nitrogens with zero attached hydrogens (tertiary/aromatic N) is 1. The zero-order chi connectivity index (χ0) is 11.8. The molecule has 0 aromatic carbocycles. The Morgan fingerprint density at radius 3 is 2.56 bits per heavy atom. The summed E-state index contributed by atoms with van der Waals surface area (Å²) in [5.41, 5.74) is 0. The van der Waals surface area contributed by atoms with Gasteiger partial charge in [0.25, 0.3) is 0 Å². The highest BCUT2D eigenvalue weighted by Crippen LogP contribution is 2.22. The smallest absolute Gasteiger partial charge is 0.0198 e. The van der Waals surface area contributed by atoms with E-state index in [1.165, 1.54) is 51.7 Å². The SMILES string of the molecule is CCCCC1CC(NCC)CN(CCC)C1. The summed E-state index contributed by atoms with van der Waals surface area (Å²) in [6.45, 7) is 11.8. The van der Waals surface area contributed by atoms with E-state index < -0.39 is 0 Å². The Hall–Kier alpha value is -0.0800. The average molecular weight is 226 g/mol. The van der Waals surface area contributed by atoms with Crippen LogP contribution < -0.4 is 5.32 Å². The molecule has 2 atom stereocenters. The second kappa shape index (κ2) is 8.08. The van der Waals surface area contributed by atoms with Gasteiger partial charge in [0, 0.05) is 19.1 Å². The standard InChI is InChI=1S/C14H30N2/c1-4-7-8-13-10-14(15-6-3)12-16(11-13)9-5-2/h13-15H,4-12H2,1-3H3. The Balaban J connectivity index is 2.38. The first-order valence-electron chi connectivity index (χ1n) is 7.25. The molecule has 1 heterocycles. The molecule has 0 saturated carbocycles. The van der Waals surface area contributed by atoms with Crippen LogP contribution in [0.4, 0.5) is 0 Å². The van der Waals surface area contributed by atoms with Crippen molar-refractivity contribution in [2.45, 2.75) is 58.9 Å². The second-order valence-electron chi connectivity index (χ2n) is 5.26. The van der Waals surface area contributed by atoms with Gasteiger partial charge >= 0.3 is 0 Å². The maximum absolute atomic E-state index is 3.64. The zero-order valence-electron chi connectivity index (χ0n) is 11.5. The normalized spacial score (nSPS) is 27.2. The van der Waals surface area contributed by atoms with Gasteiger partial charge in [0.2, 0.25) is 0 Å². The van der Waals surface area contributed by atoms with Crippen molar-refractivity contribution in [1.82, 2.24) is 10.2 Å². The molecule has 2 nitrogen and oxygen atoms in total. The van der Waals surface area contributed by atoms with Crippen molar-refractivity contribution in [1.29, 1.82) is 0 Å². The summed E-state index contributed by atoms with van der Waals surface area (Å²) in [6, 6.07) is 0.743. The number of unbranched alkanes of at least 4 members (excludes halogenated alkanes) is 1. The monoisotopic (exact) mass is 226 g/mol. The van der Waals surface area contributed by atoms with E-state index in [4.69, 9.17) is 0 Å². The first-order valence-corrected chi connectivity index (χ1v) is 7.25. The number of hydrogen-bond donors (Lipinski definition) is 1. The van der Waals surface area contributed by atoms with Crippen molar-refractivity contribution >= 4 is 0 Å². The summed E-state index contributed by atoms with van der Waals surface area (Å²) in [5.74, 6) is 0.935. The molecule has 1 fully saturated rings. The van der Waals surface area contributed by atoms with E-state index in [1.54, 1.807) is 0 Å². The molecule has 1 aliphatic rings. The summed E-state index contributed by atoms with van der Waals surface area (Å²) in [6.07, 6.45) is 6.87. The minimum absolute atomic E-state index is 0.743. The third-order valence-electron chi connectivity index (χ3n) is 3.61. The lowest BCUT2D eigenvalue weighted by Crippen LogP contribution is -2.49. The van der Waals surface area contributed by atoms with Gasteiger partial charge in [-0.15, -0.1) is 0 Å². The number of nitrogens with one attached hydrogen (secondary N) is 1. The van der Waals surface area contributed by atoms with Crippen LogP contribution in [0, 0.1) is 5.92 Å². The van der Waals surface area contributed by atoms with Gasteiger partial charge in [0.05, 0.1) is 0 Å². The second-order valence-corrected chi connectivity index (χ2v) is 5.26. The maximum atomic E-state index is 3.64. The van der Waals surface area contributed by atoms with Crippen LogP contribution in [-0.2, 0) is 0 Å².